The highest BCUT2D eigenvalue weighted by molar-refractivity contribution is 5.14. The quantitative estimate of drug-likeness (QED) is 0.144. The molecule has 0 nitrogen and oxygen atoms in total. The van der Waals surface area contributed by atoms with Crippen LogP contribution < -0.4 is 0 Å². The molecule has 3 unspecified atom stereocenters. The molecular formula is C40H78. The summed E-state index contributed by atoms with van der Waals surface area (Å²) in [5.41, 5.74) is 4.25. The Morgan fingerprint density at radius 2 is 1.32 bits per heavy atom. The van der Waals surface area contributed by atoms with Gasteiger partial charge in [-0.05, 0) is 82.6 Å². The number of rotatable bonds is 11. The second-order valence-electron chi connectivity index (χ2n) is 11.8. The van der Waals surface area contributed by atoms with Crippen molar-refractivity contribution in [3.63, 3.8) is 0 Å². The summed E-state index contributed by atoms with van der Waals surface area (Å²) in [7, 11) is 0. The number of aryl methyl sites for hydroxylation is 1. The van der Waals surface area contributed by atoms with E-state index in [1.54, 1.807) is 0 Å². The van der Waals surface area contributed by atoms with Crippen LogP contribution in [0, 0.1) is 17.8 Å². The van der Waals surface area contributed by atoms with E-state index in [1.807, 2.05) is 13.8 Å². The molecule has 40 heavy (non-hydrogen) atoms. The molecule has 0 saturated heterocycles. The normalized spacial score (nSPS) is 16.2. The molecule has 0 amide bonds. The fourth-order valence-electron chi connectivity index (χ4n) is 4.98. The average Bonchev–Trinajstić information content (AvgIpc) is 3.11. The molecule has 0 bridgehead atoms. The van der Waals surface area contributed by atoms with E-state index in [0.717, 1.165) is 17.8 Å². The molecule has 0 N–H and O–H groups in total. The van der Waals surface area contributed by atoms with E-state index in [1.165, 1.54) is 113 Å². The second kappa shape index (κ2) is 35.7. The lowest BCUT2D eigenvalue weighted by Crippen LogP contribution is -1.98. The zero-order valence-corrected chi connectivity index (χ0v) is 29.0. The van der Waals surface area contributed by atoms with Gasteiger partial charge in [-0.2, -0.15) is 0 Å². The first-order valence-corrected chi connectivity index (χ1v) is 17.0. The summed E-state index contributed by atoms with van der Waals surface area (Å²) in [6.07, 6.45) is 22.7. The Morgan fingerprint density at radius 3 is 1.70 bits per heavy atom. The van der Waals surface area contributed by atoms with Gasteiger partial charge < -0.3 is 0 Å². The Balaban J connectivity index is -0.000000214. The van der Waals surface area contributed by atoms with Crippen LogP contribution in [0.4, 0.5) is 0 Å². The van der Waals surface area contributed by atoms with Crippen molar-refractivity contribution in [3.8, 4) is 0 Å². The van der Waals surface area contributed by atoms with E-state index < -0.39 is 0 Å². The van der Waals surface area contributed by atoms with Crippen molar-refractivity contribution >= 4 is 0 Å². The summed E-state index contributed by atoms with van der Waals surface area (Å²) in [6, 6.07) is 10.7. The maximum Gasteiger partial charge on any atom is -0.0211 e. The lowest BCUT2D eigenvalue weighted by atomic mass is 9.93. The molecule has 1 aliphatic rings. The van der Waals surface area contributed by atoms with Crippen molar-refractivity contribution in [2.45, 2.75) is 180 Å². The largest absolute Gasteiger partial charge is 0.0999 e. The van der Waals surface area contributed by atoms with Crippen LogP contribution >= 0.6 is 0 Å². The topological polar surface area (TPSA) is 0 Å². The molecule has 1 aromatic rings. The molecular weight excluding hydrogens is 480 g/mol. The van der Waals surface area contributed by atoms with Gasteiger partial charge in [-0.15, -0.1) is 0 Å². The Bertz CT molecular complexity index is 609. The van der Waals surface area contributed by atoms with Crippen molar-refractivity contribution in [3.05, 3.63) is 59.7 Å². The maximum atomic E-state index is 4.01. The van der Waals surface area contributed by atoms with Gasteiger partial charge in [0.25, 0.3) is 0 Å². The van der Waals surface area contributed by atoms with Gasteiger partial charge in [0.05, 0.1) is 0 Å². The molecule has 0 heterocycles. The molecule has 1 fully saturated rings. The third kappa shape index (κ3) is 34.7. The number of allylic oxidation sites excluding steroid dienone is 3. The van der Waals surface area contributed by atoms with E-state index in [0.29, 0.717) is 0 Å². The Kier molecular flexibility index (Phi) is 40.8. The van der Waals surface area contributed by atoms with Crippen molar-refractivity contribution < 1.29 is 0 Å². The minimum absolute atomic E-state index is 0. The Hall–Kier alpha value is -1.30. The van der Waals surface area contributed by atoms with Crippen molar-refractivity contribution in [2.75, 3.05) is 0 Å². The van der Waals surface area contributed by atoms with Gasteiger partial charge in [0.2, 0.25) is 0 Å². The fourth-order valence-corrected chi connectivity index (χ4v) is 4.98. The zero-order valence-electron chi connectivity index (χ0n) is 29.0. The monoisotopic (exact) mass is 559 g/mol. The van der Waals surface area contributed by atoms with Gasteiger partial charge in [0.1, 0.15) is 0 Å². The van der Waals surface area contributed by atoms with Gasteiger partial charge in [-0.25, -0.2) is 0 Å². The molecule has 3 atom stereocenters. The van der Waals surface area contributed by atoms with Gasteiger partial charge in [0, 0.05) is 0 Å². The highest BCUT2D eigenvalue weighted by Crippen LogP contribution is 2.26. The van der Waals surface area contributed by atoms with Crippen molar-refractivity contribution in [2.24, 2.45) is 17.8 Å². The summed E-state index contributed by atoms with van der Waals surface area (Å²) in [4.78, 5) is 0. The summed E-state index contributed by atoms with van der Waals surface area (Å²) in [5.74, 6) is 2.78. The predicted molar refractivity (Wildman–Crippen MR) is 192 cm³/mol. The molecule has 1 saturated carbocycles. The molecule has 0 spiro atoms. The smallest absolute Gasteiger partial charge is 0.0211 e. The summed E-state index contributed by atoms with van der Waals surface area (Å²) in [6.45, 7) is 28.1. The van der Waals surface area contributed by atoms with E-state index >= 15 is 0 Å². The van der Waals surface area contributed by atoms with Crippen LogP contribution in [-0.4, -0.2) is 0 Å². The molecule has 1 aliphatic carbocycles. The van der Waals surface area contributed by atoms with Crippen LogP contribution in [0.15, 0.2) is 54.1 Å². The van der Waals surface area contributed by atoms with Gasteiger partial charge >= 0.3 is 0 Å². The van der Waals surface area contributed by atoms with Gasteiger partial charge in [-0.1, -0.05) is 175 Å². The third-order valence-electron chi connectivity index (χ3n) is 7.32. The van der Waals surface area contributed by atoms with E-state index in [4.69, 9.17) is 0 Å². The second-order valence-corrected chi connectivity index (χ2v) is 11.8. The summed E-state index contributed by atoms with van der Waals surface area (Å²) in [5, 5.41) is 0. The number of hydrogen-bond acceptors (Lipinski definition) is 0. The summed E-state index contributed by atoms with van der Waals surface area (Å²) < 4.78 is 0. The van der Waals surface area contributed by atoms with Crippen molar-refractivity contribution in [1.82, 2.24) is 0 Å². The van der Waals surface area contributed by atoms with Gasteiger partial charge in [0.15, 0.2) is 0 Å². The predicted octanol–water partition coefficient (Wildman–Crippen LogP) is 14.8. The first-order chi connectivity index (χ1) is 18.7. The Labute approximate surface area is 256 Å². The SMILES string of the molecule is C.C=C(C)C(CC)CCCCC.CC.CC1CCCCC(C)C1.CCC=C(C)C.CCCCCc1ccccc1. The van der Waals surface area contributed by atoms with E-state index in [9.17, 15) is 0 Å². The highest BCUT2D eigenvalue weighted by Gasteiger charge is 2.12. The van der Waals surface area contributed by atoms with E-state index in [2.05, 4.69) is 105 Å². The summed E-state index contributed by atoms with van der Waals surface area (Å²) >= 11 is 0. The zero-order chi connectivity index (χ0) is 30.3. The van der Waals surface area contributed by atoms with Crippen LogP contribution in [0.5, 0.6) is 0 Å². The third-order valence-corrected chi connectivity index (χ3v) is 7.32. The van der Waals surface area contributed by atoms with E-state index in [-0.39, 0.29) is 7.43 Å². The number of unbranched alkanes of at least 4 members (excludes halogenated alkanes) is 4. The molecule has 0 aromatic heterocycles. The van der Waals surface area contributed by atoms with Crippen LogP contribution in [0.1, 0.15) is 179 Å². The lowest BCUT2D eigenvalue weighted by molar-refractivity contribution is 0.423. The Morgan fingerprint density at radius 1 is 0.825 bits per heavy atom. The number of hydrogen-bond donors (Lipinski definition) is 0. The minimum Gasteiger partial charge on any atom is -0.0999 e. The van der Waals surface area contributed by atoms with Crippen molar-refractivity contribution in [1.29, 1.82) is 0 Å². The standard InChI is InChI=1S/C11H16.C11H22.C9H18.C6H12.C2H6.CH4/c1-2-3-5-8-11-9-6-4-7-10-11;1-5-7-8-9-11(6-2)10(3)4;1-8-5-3-4-6-9(2)7-8;1-4-5-6(2)3;1-2;/h4,6-7,9-10H,2-3,5,8H2,1H3;11H,3,5-9H2,1-2,4H3;8-9H,3-7H2,1-2H3;5H,4H2,1-3H3;1-2H3;1H4. The molecule has 0 heteroatoms. The first kappa shape index (κ1) is 45.7. The molecule has 2 rings (SSSR count). The molecule has 1 aromatic carbocycles. The van der Waals surface area contributed by atoms with Crippen LogP contribution in [0.2, 0.25) is 0 Å². The minimum atomic E-state index is 0. The van der Waals surface area contributed by atoms with Crippen LogP contribution in [0.3, 0.4) is 0 Å². The average molecular weight is 559 g/mol. The molecule has 238 valence electrons. The lowest BCUT2D eigenvalue weighted by Gasteiger charge is -2.13. The molecule has 0 radical (unpaired) electrons. The first-order valence-electron chi connectivity index (χ1n) is 17.0. The molecule has 0 aliphatic heterocycles. The van der Waals surface area contributed by atoms with Gasteiger partial charge in [-0.3, -0.25) is 0 Å². The van der Waals surface area contributed by atoms with Crippen LogP contribution in [-0.2, 0) is 6.42 Å². The maximum absolute atomic E-state index is 4.01. The fraction of sp³-hybridized carbons (Fsp3) is 0.750. The van der Waals surface area contributed by atoms with Crippen LogP contribution in [0.25, 0.3) is 0 Å². The number of benzene rings is 1. The highest BCUT2D eigenvalue weighted by atomic mass is 14.2.